The summed E-state index contributed by atoms with van der Waals surface area (Å²) in [6.07, 6.45) is 0.380. The third kappa shape index (κ3) is 4.84. The highest BCUT2D eigenvalue weighted by atomic mass is 35.5. The predicted molar refractivity (Wildman–Crippen MR) is 125 cm³/mol. The summed E-state index contributed by atoms with van der Waals surface area (Å²) in [7, 11) is 1.77. The minimum atomic E-state index is -0.941. The predicted octanol–water partition coefficient (Wildman–Crippen LogP) is 5.34. The van der Waals surface area contributed by atoms with Crippen LogP contribution < -0.4 is 9.47 Å². The van der Waals surface area contributed by atoms with Gasteiger partial charge in [0.15, 0.2) is 11.5 Å². The van der Waals surface area contributed by atoms with Crippen LogP contribution in [0.25, 0.3) is 0 Å². The number of carbonyl (C=O) groups excluding carboxylic acids is 1. The van der Waals surface area contributed by atoms with Crippen molar-refractivity contribution in [1.82, 2.24) is 9.80 Å². The average molecular weight is 493 g/mol. The molecule has 1 fully saturated rings. The molecule has 0 radical (unpaired) electrons. The summed E-state index contributed by atoms with van der Waals surface area (Å²) in [5.74, 6) is 1.28. The largest absolute Gasteiger partial charge is 0.465 e. The second-order valence-corrected chi connectivity index (χ2v) is 9.55. The molecule has 2 aliphatic rings. The molecule has 2 aromatic carbocycles. The van der Waals surface area contributed by atoms with Crippen molar-refractivity contribution in [2.24, 2.45) is 0 Å². The summed E-state index contributed by atoms with van der Waals surface area (Å²) in [4.78, 5) is 28.1. The molecule has 0 bridgehead atoms. The summed E-state index contributed by atoms with van der Waals surface area (Å²) in [5, 5.41) is 10.4. The topological polar surface area (TPSA) is 79.3 Å². The Kier molecular flexibility index (Phi) is 6.64. The third-order valence-electron chi connectivity index (χ3n) is 6.81. The van der Waals surface area contributed by atoms with E-state index in [0.717, 1.165) is 11.1 Å². The molecule has 2 heterocycles. The van der Waals surface area contributed by atoms with Crippen molar-refractivity contribution in [2.75, 3.05) is 26.9 Å². The first-order chi connectivity index (χ1) is 15.7. The zero-order chi connectivity index (χ0) is 23.8. The molecule has 7 nitrogen and oxygen atoms in total. The summed E-state index contributed by atoms with van der Waals surface area (Å²) in [5.41, 5.74) is 1.29. The minimum Gasteiger partial charge on any atom is -0.465 e. The molecule has 0 saturated carbocycles. The zero-order valence-electron chi connectivity index (χ0n) is 18.5. The molecule has 2 aromatic rings. The number of ether oxygens (including phenoxy) is 2. The summed E-state index contributed by atoms with van der Waals surface area (Å²) in [6, 6.07) is 10.8. The Hall–Kier alpha value is -2.64. The Morgan fingerprint density at radius 2 is 1.73 bits per heavy atom. The van der Waals surface area contributed by atoms with E-state index < -0.39 is 11.5 Å². The second kappa shape index (κ2) is 9.31. The molecular formula is C24H26Cl2N2O5. The van der Waals surface area contributed by atoms with Crippen LogP contribution in [0.1, 0.15) is 43.4 Å². The highest BCUT2D eigenvalue weighted by molar-refractivity contribution is 6.34. The molecule has 1 N–H and O–H groups in total. The van der Waals surface area contributed by atoms with Gasteiger partial charge in [0.1, 0.15) is 0 Å². The fraction of sp³-hybridized carbons (Fsp3) is 0.417. The number of piperidine rings is 1. The van der Waals surface area contributed by atoms with Crippen LogP contribution in [0, 0.1) is 0 Å². The number of amides is 2. The molecule has 2 amide bonds. The van der Waals surface area contributed by atoms with E-state index in [-0.39, 0.29) is 25.2 Å². The molecule has 1 saturated heterocycles. The van der Waals surface area contributed by atoms with Gasteiger partial charge in [0.25, 0.3) is 0 Å². The first-order valence-electron chi connectivity index (χ1n) is 10.8. The summed E-state index contributed by atoms with van der Waals surface area (Å²) in [6.45, 7) is 2.82. The summed E-state index contributed by atoms with van der Waals surface area (Å²) >= 11 is 12.3. The van der Waals surface area contributed by atoms with Gasteiger partial charge in [-0.05, 0) is 61.2 Å². The molecule has 9 heteroatoms. The lowest BCUT2D eigenvalue weighted by Gasteiger charge is -2.42. The normalized spacial score (nSPS) is 17.5. The van der Waals surface area contributed by atoms with Crippen LogP contribution in [0.2, 0.25) is 10.0 Å². The number of halogens is 2. The van der Waals surface area contributed by atoms with Crippen LogP contribution in [0.4, 0.5) is 4.79 Å². The molecule has 0 aliphatic carbocycles. The molecular weight excluding hydrogens is 467 g/mol. The Balaban J connectivity index is 1.59. The van der Waals surface area contributed by atoms with E-state index in [2.05, 4.69) is 0 Å². The van der Waals surface area contributed by atoms with Crippen molar-refractivity contribution < 1.29 is 24.2 Å². The van der Waals surface area contributed by atoms with E-state index in [1.165, 1.54) is 4.90 Å². The number of nitrogens with zero attached hydrogens (tertiary/aromatic N) is 2. The monoisotopic (exact) mass is 492 g/mol. The fourth-order valence-electron chi connectivity index (χ4n) is 4.59. The zero-order valence-corrected chi connectivity index (χ0v) is 20.0. The van der Waals surface area contributed by atoms with E-state index in [1.54, 1.807) is 30.1 Å². The van der Waals surface area contributed by atoms with Crippen molar-refractivity contribution in [3.63, 3.8) is 0 Å². The SMILES string of the molecule is CC(c1cc(Cl)cc(Cl)c1)N(C)C(=O)CC1(c2ccc3c(c2)OCO3)CCN(C(=O)O)CC1. The Morgan fingerprint density at radius 1 is 1.09 bits per heavy atom. The second-order valence-electron chi connectivity index (χ2n) is 8.68. The molecule has 2 aliphatic heterocycles. The van der Waals surface area contributed by atoms with Crippen LogP contribution in [-0.4, -0.2) is 53.8 Å². The van der Waals surface area contributed by atoms with E-state index in [0.29, 0.717) is 47.5 Å². The average Bonchev–Trinajstić information content (AvgIpc) is 3.25. The molecule has 33 heavy (non-hydrogen) atoms. The van der Waals surface area contributed by atoms with Crippen molar-refractivity contribution in [1.29, 1.82) is 0 Å². The lowest BCUT2D eigenvalue weighted by Crippen LogP contribution is -2.47. The maximum Gasteiger partial charge on any atom is 0.407 e. The van der Waals surface area contributed by atoms with Crippen molar-refractivity contribution in [3.05, 3.63) is 57.6 Å². The Morgan fingerprint density at radius 3 is 2.36 bits per heavy atom. The maximum atomic E-state index is 13.5. The van der Waals surface area contributed by atoms with Gasteiger partial charge in [-0.2, -0.15) is 0 Å². The number of rotatable bonds is 5. The van der Waals surface area contributed by atoms with Gasteiger partial charge >= 0.3 is 6.09 Å². The number of benzene rings is 2. The Bertz CT molecular complexity index is 1050. The highest BCUT2D eigenvalue weighted by Crippen LogP contribution is 2.44. The number of hydrogen-bond donors (Lipinski definition) is 1. The minimum absolute atomic E-state index is 0.0416. The quantitative estimate of drug-likeness (QED) is 0.608. The van der Waals surface area contributed by atoms with Crippen molar-refractivity contribution >= 4 is 35.2 Å². The number of fused-ring (bicyclic) bond motifs is 1. The lowest BCUT2D eigenvalue weighted by molar-refractivity contribution is -0.133. The molecule has 0 spiro atoms. The van der Waals surface area contributed by atoms with E-state index in [4.69, 9.17) is 32.7 Å². The third-order valence-corrected chi connectivity index (χ3v) is 7.24. The number of likely N-dealkylation sites (tertiary alicyclic amines) is 1. The fourth-order valence-corrected chi connectivity index (χ4v) is 5.13. The first-order valence-corrected chi connectivity index (χ1v) is 11.5. The van der Waals surface area contributed by atoms with E-state index >= 15 is 0 Å². The molecule has 0 aromatic heterocycles. The number of carboxylic acid groups (broad SMARTS) is 1. The lowest BCUT2D eigenvalue weighted by atomic mass is 9.70. The van der Waals surface area contributed by atoms with Crippen LogP contribution in [0.3, 0.4) is 0 Å². The van der Waals surface area contributed by atoms with Crippen LogP contribution in [-0.2, 0) is 10.2 Å². The van der Waals surface area contributed by atoms with Crippen LogP contribution in [0.15, 0.2) is 36.4 Å². The van der Waals surface area contributed by atoms with Crippen molar-refractivity contribution in [2.45, 2.75) is 37.6 Å². The Labute approximate surface area is 202 Å². The first kappa shape index (κ1) is 23.5. The van der Waals surface area contributed by atoms with Crippen LogP contribution in [0.5, 0.6) is 11.5 Å². The molecule has 1 atom stereocenters. The standard InChI is InChI=1S/C24H26Cl2N2O5/c1-15(16-9-18(25)12-19(26)10-16)27(2)22(29)13-24(5-7-28(8-6-24)23(30)31)17-3-4-20-21(11-17)33-14-32-20/h3-4,9-12,15H,5-8,13-14H2,1-2H3,(H,30,31). The molecule has 1 unspecified atom stereocenters. The molecule has 4 rings (SSSR count). The highest BCUT2D eigenvalue weighted by Gasteiger charge is 2.41. The van der Waals surface area contributed by atoms with Gasteiger partial charge < -0.3 is 24.4 Å². The van der Waals surface area contributed by atoms with Gasteiger partial charge in [-0.25, -0.2) is 4.79 Å². The smallest absolute Gasteiger partial charge is 0.407 e. The van der Waals surface area contributed by atoms with Gasteiger partial charge in [0.05, 0.1) is 6.04 Å². The van der Waals surface area contributed by atoms with Gasteiger partial charge in [-0.3, -0.25) is 4.79 Å². The van der Waals surface area contributed by atoms with E-state index in [1.807, 2.05) is 25.1 Å². The van der Waals surface area contributed by atoms with Crippen molar-refractivity contribution in [3.8, 4) is 11.5 Å². The molecule has 176 valence electrons. The summed E-state index contributed by atoms with van der Waals surface area (Å²) < 4.78 is 11.0. The van der Waals surface area contributed by atoms with Gasteiger partial charge in [-0.15, -0.1) is 0 Å². The maximum absolute atomic E-state index is 13.5. The number of carbonyl (C=O) groups is 2. The van der Waals surface area contributed by atoms with Gasteiger partial charge in [0, 0.05) is 42.0 Å². The van der Waals surface area contributed by atoms with Gasteiger partial charge in [0.2, 0.25) is 12.7 Å². The van der Waals surface area contributed by atoms with Crippen LogP contribution >= 0.6 is 23.2 Å². The van der Waals surface area contributed by atoms with E-state index in [9.17, 15) is 14.7 Å². The van der Waals surface area contributed by atoms with Gasteiger partial charge in [-0.1, -0.05) is 29.3 Å². The number of hydrogen-bond acceptors (Lipinski definition) is 4.